The normalized spacial score (nSPS) is 22.7. The van der Waals surface area contributed by atoms with Crippen molar-refractivity contribution < 1.29 is 18.3 Å². The summed E-state index contributed by atoms with van der Waals surface area (Å²) < 4.78 is 26.2. The van der Waals surface area contributed by atoms with E-state index < -0.39 is 27.8 Å². The van der Waals surface area contributed by atoms with Crippen LogP contribution in [-0.2, 0) is 14.8 Å². The summed E-state index contributed by atoms with van der Waals surface area (Å²) in [6, 6.07) is 3.48. The maximum Gasteiger partial charge on any atom is 0.308 e. The molecule has 0 bridgehead atoms. The maximum atomic E-state index is 12.5. The van der Waals surface area contributed by atoms with E-state index in [0.717, 1.165) is 5.56 Å². The number of pyridine rings is 1. The Kier molecular flexibility index (Phi) is 3.67. The average molecular weight is 322 g/mol. The molecule has 8 nitrogen and oxygen atoms in total. The summed E-state index contributed by atoms with van der Waals surface area (Å²) in [7, 11) is -3.75. The SMILES string of the molecule is O=C(O)[C@@H]1CN(S(=O)(=O)c2cn[nH]c2)C[C@H]1c1cccnc1. The third kappa shape index (κ3) is 2.48. The standard InChI is InChI=1S/C13H14N4O4S/c18-13(19)12-8-17(22(20,21)10-5-15-16-6-10)7-11(12)9-2-1-3-14-4-9/h1-6,11-12H,7-8H2,(H,15,16)(H,18,19)/t11-,12+/m0/s1. The molecule has 0 unspecified atom stereocenters. The number of aromatic amines is 1. The van der Waals surface area contributed by atoms with E-state index in [1.165, 1.54) is 16.7 Å². The zero-order valence-electron chi connectivity index (χ0n) is 11.5. The summed E-state index contributed by atoms with van der Waals surface area (Å²) in [5.74, 6) is -2.24. The third-order valence-electron chi connectivity index (χ3n) is 3.83. The fraction of sp³-hybridized carbons (Fsp3) is 0.308. The number of sulfonamides is 1. The number of rotatable bonds is 4. The van der Waals surface area contributed by atoms with Gasteiger partial charge < -0.3 is 5.11 Å². The molecule has 3 heterocycles. The molecule has 9 heteroatoms. The van der Waals surface area contributed by atoms with Gasteiger partial charge in [-0.05, 0) is 11.6 Å². The van der Waals surface area contributed by atoms with Gasteiger partial charge in [0.1, 0.15) is 4.90 Å². The summed E-state index contributed by atoms with van der Waals surface area (Å²) in [5.41, 5.74) is 0.722. The topological polar surface area (TPSA) is 116 Å². The summed E-state index contributed by atoms with van der Waals surface area (Å²) in [5, 5.41) is 15.5. The van der Waals surface area contributed by atoms with E-state index in [2.05, 4.69) is 15.2 Å². The van der Waals surface area contributed by atoms with Crippen molar-refractivity contribution in [3.63, 3.8) is 0 Å². The van der Waals surface area contributed by atoms with Crippen LogP contribution in [0.1, 0.15) is 11.5 Å². The van der Waals surface area contributed by atoms with Crippen molar-refractivity contribution in [2.24, 2.45) is 5.92 Å². The number of carboxylic acid groups (broad SMARTS) is 1. The van der Waals surface area contributed by atoms with Crippen molar-refractivity contribution in [1.82, 2.24) is 19.5 Å². The van der Waals surface area contributed by atoms with Crippen LogP contribution in [0.3, 0.4) is 0 Å². The first-order valence-electron chi connectivity index (χ1n) is 6.62. The molecular formula is C13H14N4O4S. The van der Waals surface area contributed by atoms with E-state index in [-0.39, 0.29) is 18.0 Å². The van der Waals surface area contributed by atoms with Crippen molar-refractivity contribution in [2.75, 3.05) is 13.1 Å². The minimum atomic E-state index is -3.75. The first-order valence-corrected chi connectivity index (χ1v) is 8.06. The lowest BCUT2D eigenvalue weighted by molar-refractivity contribution is -0.141. The van der Waals surface area contributed by atoms with Gasteiger partial charge in [0.25, 0.3) is 0 Å². The van der Waals surface area contributed by atoms with Gasteiger partial charge in [0.2, 0.25) is 10.0 Å². The molecule has 22 heavy (non-hydrogen) atoms. The third-order valence-corrected chi connectivity index (χ3v) is 5.62. The van der Waals surface area contributed by atoms with Crippen molar-refractivity contribution in [3.8, 4) is 0 Å². The van der Waals surface area contributed by atoms with Crippen LogP contribution in [0.15, 0.2) is 41.8 Å². The molecule has 1 aliphatic rings. The first-order chi connectivity index (χ1) is 10.5. The van der Waals surface area contributed by atoms with Gasteiger partial charge in [0, 0.05) is 37.6 Å². The molecule has 0 spiro atoms. The fourth-order valence-corrected chi connectivity index (χ4v) is 4.08. The Morgan fingerprint density at radius 2 is 2.18 bits per heavy atom. The number of carboxylic acids is 1. The monoisotopic (exact) mass is 322 g/mol. The van der Waals surface area contributed by atoms with E-state index in [1.807, 2.05) is 0 Å². The Labute approximate surface area is 126 Å². The van der Waals surface area contributed by atoms with Gasteiger partial charge in [-0.1, -0.05) is 6.07 Å². The number of nitrogens with one attached hydrogen (secondary N) is 1. The summed E-state index contributed by atoms with van der Waals surface area (Å²) in [4.78, 5) is 15.5. The van der Waals surface area contributed by atoms with Crippen molar-refractivity contribution in [3.05, 3.63) is 42.5 Å². The second-order valence-electron chi connectivity index (χ2n) is 5.09. The molecule has 2 aromatic rings. The highest BCUT2D eigenvalue weighted by atomic mass is 32.2. The zero-order chi connectivity index (χ0) is 15.7. The number of carbonyl (C=O) groups is 1. The predicted molar refractivity (Wildman–Crippen MR) is 75.5 cm³/mol. The summed E-state index contributed by atoms with van der Waals surface area (Å²) in [6.07, 6.45) is 5.66. The van der Waals surface area contributed by atoms with Crippen LogP contribution >= 0.6 is 0 Å². The minimum absolute atomic E-state index is 0.0310. The lowest BCUT2D eigenvalue weighted by atomic mass is 9.90. The van der Waals surface area contributed by atoms with Crippen LogP contribution in [0.5, 0.6) is 0 Å². The number of hydrogen-bond donors (Lipinski definition) is 2. The molecule has 116 valence electrons. The number of aromatic nitrogens is 3. The Morgan fingerprint density at radius 1 is 1.36 bits per heavy atom. The van der Waals surface area contributed by atoms with E-state index in [4.69, 9.17) is 0 Å². The van der Waals surface area contributed by atoms with Crippen LogP contribution in [-0.4, -0.2) is 52.1 Å². The van der Waals surface area contributed by atoms with E-state index in [1.54, 1.807) is 24.5 Å². The Balaban J connectivity index is 1.93. The van der Waals surface area contributed by atoms with E-state index in [0.29, 0.717) is 0 Å². The number of hydrogen-bond acceptors (Lipinski definition) is 5. The zero-order valence-corrected chi connectivity index (χ0v) is 12.3. The Bertz CT molecular complexity index is 761. The Morgan fingerprint density at radius 3 is 2.77 bits per heavy atom. The van der Waals surface area contributed by atoms with Gasteiger partial charge in [-0.25, -0.2) is 8.42 Å². The van der Waals surface area contributed by atoms with E-state index >= 15 is 0 Å². The fourth-order valence-electron chi connectivity index (χ4n) is 2.68. The molecule has 2 aromatic heterocycles. The highest BCUT2D eigenvalue weighted by molar-refractivity contribution is 7.89. The predicted octanol–water partition coefficient (Wildman–Crippen LogP) is 0.294. The molecule has 0 aliphatic carbocycles. The average Bonchev–Trinajstić information content (AvgIpc) is 3.18. The molecule has 0 aromatic carbocycles. The van der Waals surface area contributed by atoms with Crippen LogP contribution < -0.4 is 0 Å². The van der Waals surface area contributed by atoms with Crippen molar-refractivity contribution >= 4 is 16.0 Å². The van der Waals surface area contributed by atoms with E-state index in [9.17, 15) is 18.3 Å². The second-order valence-corrected chi connectivity index (χ2v) is 7.03. The molecule has 0 amide bonds. The number of aliphatic carboxylic acids is 1. The van der Waals surface area contributed by atoms with Crippen LogP contribution in [0.4, 0.5) is 0 Å². The molecule has 3 rings (SSSR count). The lowest BCUT2D eigenvalue weighted by Crippen LogP contribution is -2.29. The summed E-state index contributed by atoms with van der Waals surface area (Å²) in [6.45, 7) is 0.0403. The molecule has 1 aliphatic heterocycles. The molecule has 0 radical (unpaired) electrons. The van der Waals surface area contributed by atoms with Gasteiger partial charge >= 0.3 is 5.97 Å². The minimum Gasteiger partial charge on any atom is -0.481 e. The highest BCUT2D eigenvalue weighted by Gasteiger charge is 2.43. The van der Waals surface area contributed by atoms with Gasteiger partial charge in [-0.3, -0.25) is 14.9 Å². The number of H-pyrrole nitrogens is 1. The molecule has 0 saturated carbocycles. The highest BCUT2D eigenvalue weighted by Crippen LogP contribution is 2.35. The van der Waals surface area contributed by atoms with Crippen LogP contribution in [0, 0.1) is 5.92 Å². The van der Waals surface area contributed by atoms with Gasteiger partial charge in [0.15, 0.2) is 0 Å². The molecule has 2 N–H and O–H groups in total. The molecule has 2 atom stereocenters. The summed E-state index contributed by atoms with van der Waals surface area (Å²) >= 11 is 0. The van der Waals surface area contributed by atoms with Gasteiger partial charge in [0.05, 0.1) is 12.1 Å². The first kappa shape index (κ1) is 14.7. The quantitative estimate of drug-likeness (QED) is 0.836. The largest absolute Gasteiger partial charge is 0.481 e. The molecular weight excluding hydrogens is 308 g/mol. The molecule has 1 fully saturated rings. The second kappa shape index (κ2) is 5.50. The van der Waals surface area contributed by atoms with Crippen molar-refractivity contribution in [2.45, 2.75) is 10.8 Å². The number of nitrogens with zero attached hydrogens (tertiary/aromatic N) is 3. The van der Waals surface area contributed by atoms with Crippen LogP contribution in [0.2, 0.25) is 0 Å². The Hall–Kier alpha value is -2.26. The lowest BCUT2D eigenvalue weighted by Gasteiger charge is -2.15. The van der Waals surface area contributed by atoms with Crippen molar-refractivity contribution in [1.29, 1.82) is 0 Å². The van der Waals surface area contributed by atoms with Gasteiger partial charge in [-0.15, -0.1) is 0 Å². The molecule has 1 saturated heterocycles. The van der Waals surface area contributed by atoms with Crippen LogP contribution in [0.25, 0.3) is 0 Å². The maximum absolute atomic E-state index is 12.5. The van der Waals surface area contributed by atoms with Gasteiger partial charge in [-0.2, -0.15) is 9.40 Å². The smallest absolute Gasteiger partial charge is 0.308 e.